The van der Waals surface area contributed by atoms with Gasteiger partial charge in [-0.2, -0.15) is 0 Å². The maximum atomic E-state index is 13.4. The molecule has 1 N–H and O–H groups in total. The molecule has 0 aliphatic carbocycles. The van der Waals surface area contributed by atoms with Crippen molar-refractivity contribution in [2.45, 2.75) is 32.5 Å². The number of amides is 2. The van der Waals surface area contributed by atoms with Crippen molar-refractivity contribution in [3.63, 3.8) is 0 Å². The van der Waals surface area contributed by atoms with Gasteiger partial charge < -0.3 is 15.0 Å². The molecule has 0 aliphatic heterocycles. The molecule has 0 aromatic heterocycles. The Kier molecular flexibility index (Phi) is 7.82. The topological polar surface area (TPSA) is 58.6 Å². The SMILES string of the molecule is CCC(=O)N(Cc1ccccc1)[C@@H](C(=O)NCc1ccccc1OC)c1ccccc1. The highest BCUT2D eigenvalue weighted by Gasteiger charge is 2.30. The molecule has 0 radical (unpaired) electrons. The molecular formula is C26H28N2O3. The minimum absolute atomic E-state index is 0.0786. The quantitative estimate of drug-likeness (QED) is 0.559. The molecule has 31 heavy (non-hydrogen) atoms. The summed E-state index contributed by atoms with van der Waals surface area (Å²) in [6.07, 6.45) is 0.315. The second-order valence-corrected chi connectivity index (χ2v) is 7.20. The molecule has 5 heteroatoms. The number of nitrogens with zero attached hydrogens (tertiary/aromatic N) is 1. The standard InChI is InChI=1S/C26H28N2O3/c1-3-24(29)28(19-20-12-6-4-7-13-20)25(21-14-8-5-9-15-21)26(30)27-18-22-16-10-11-17-23(22)31-2/h4-17,25H,3,18-19H2,1-2H3,(H,27,30)/t25-/m1/s1. The van der Waals surface area contributed by atoms with Crippen LogP contribution in [-0.4, -0.2) is 23.8 Å². The van der Waals surface area contributed by atoms with Gasteiger partial charge in [0.2, 0.25) is 11.8 Å². The van der Waals surface area contributed by atoms with Crippen molar-refractivity contribution in [2.24, 2.45) is 0 Å². The van der Waals surface area contributed by atoms with Gasteiger partial charge in [0.15, 0.2) is 0 Å². The third kappa shape index (κ3) is 5.72. The number of rotatable bonds is 9. The summed E-state index contributed by atoms with van der Waals surface area (Å²) in [5, 5.41) is 3.00. The van der Waals surface area contributed by atoms with Gasteiger partial charge in [-0.3, -0.25) is 9.59 Å². The number of ether oxygens (including phenoxy) is 1. The monoisotopic (exact) mass is 416 g/mol. The maximum Gasteiger partial charge on any atom is 0.247 e. The van der Waals surface area contributed by atoms with Gasteiger partial charge in [0.1, 0.15) is 11.8 Å². The van der Waals surface area contributed by atoms with E-state index in [1.54, 1.807) is 12.0 Å². The van der Waals surface area contributed by atoms with E-state index >= 15 is 0 Å². The van der Waals surface area contributed by atoms with E-state index in [1.807, 2.05) is 91.9 Å². The van der Waals surface area contributed by atoms with Crippen molar-refractivity contribution < 1.29 is 14.3 Å². The van der Waals surface area contributed by atoms with E-state index in [9.17, 15) is 9.59 Å². The molecule has 3 rings (SSSR count). The fourth-order valence-electron chi connectivity index (χ4n) is 3.54. The van der Waals surface area contributed by atoms with Crippen LogP contribution in [0.25, 0.3) is 0 Å². The van der Waals surface area contributed by atoms with Gasteiger partial charge in [-0.15, -0.1) is 0 Å². The predicted molar refractivity (Wildman–Crippen MR) is 121 cm³/mol. The largest absolute Gasteiger partial charge is 0.496 e. The molecule has 0 bridgehead atoms. The third-order valence-corrected chi connectivity index (χ3v) is 5.14. The Morgan fingerprint density at radius 3 is 2.16 bits per heavy atom. The van der Waals surface area contributed by atoms with Gasteiger partial charge in [0.25, 0.3) is 0 Å². The Labute approximate surface area is 183 Å². The zero-order chi connectivity index (χ0) is 22.1. The molecule has 0 fully saturated rings. The lowest BCUT2D eigenvalue weighted by molar-refractivity contribution is -0.141. The Morgan fingerprint density at radius 2 is 1.52 bits per heavy atom. The number of hydrogen-bond acceptors (Lipinski definition) is 3. The van der Waals surface area contributed by atoms with Crippen LogP contribution in [0.1, 0.15) is 36.1 Å². The number of carbonyl (C=O) groups is 2. The minimum Gasteiger partial charge on any atom is -0.496 e. The van der Waals surface area contributed by atoms with Crippen molar-refractivity contribution in [1.82, 2.24) is 10.2 Å². The zero-order valence-corrected chi connectivity index (χ0v) is 18.0. The summed E-state index contributed by atoms with van der Waals surface area (Å²) in [6, 6.07) is 26.0. The van der Waals surface area contributed by atoms with E-state index < -0.39 is 6.04 Å². The maximum absolute atomic E-state index is 13.4. The smallest absolute Gasteiger partial charge is 0.247 e. The molecular weight excluding hydrogens is 388 g/mol. The van der Waals surface area contributed by atoms with Crippen molar-refractivity contribution in [2.75, 3.05) is 7.11 Å². The van der Waals surface area contributed by atoms with Gasteiger partial charge >= 0.3 is 0 Å². The molecule has 0 aliphatic rings. The second-order valence-electron chi connectivity index (χ2n) is 7.20. The van der Waals surface area contributed by atoms with Gasteiger partial charge in [0.05, 0.1) is 7.11 Å². The molecule has 0 spiro atoms. The van der Waals surface area contributed by atoms with Gasteiger partial charge in [0, 0.05) is 25.1 Å². The highest BCUT2D eigenvalue weighted by atomic mass is 16.5. The average Bonchev–Trinajstić information content (AvgIpc) is 2.83. The number of carbonyl (C=O) groups excluding carboxylic acids is 2. The lowest BCUT2D eigenvalue weighted by Gasteiger charge is -2.31. The fraction of sp³-hybridized carbons (Fsp3) is 0.231. The second kappa shape index (κ2) is 11.0. The van der Waals surface area contributed by atoms with Crippen LogP contribution in [0.4, 0.5) is 0 Å². The first-order valence-electron chi connectivity index (χ1n) is 10.4. The van der Waals surface area contributed by atoms with E-state index in [4.69, 9.17) is 4.74 Å². The molecule has 0 saturated heterocycles. The van der Waals surface area contributed by atoms with Crippen LogP contribution in [0.2, 0.25) is 0 Å². The lowest BCUT2D eigenvalue weighted by atomic mass is 10.0. The summed E-state index contributed by atoms with van der Waals surface area (Å²) in [5.74, 6) is 0.407. The molecule has 3 aromatic rings. The van der Waals surface area contributed by atoms with Crippen LogP contribution in [0.15, 0.2) is 84.9 Å². The van der Waals surface area contributed by atoms with Gasteiger partial charge in [-0.05, 0) is 17.2 Å². The molecule has 3 aromatic carbocycles. The first-order chi connectivity index (χ1) is 15.1. The zero-order valence-electron chi connectivity index (χ0n) is 18.0. The Hall–Kier alpha value is -3.60. The number of methoxy groups -OCH3 is 1. The van der Waals surface area contributed by atoms with Crippen LogP contribution in [0.5, 0.6) is 5.75 Å². The summed E-state index contributed by atoms with van der Waals surface area (Å²) in [6.45, 7) is 2.48. The van der Waals surface area contributed by atoms with E-state index in [0.29, 0.717) is 25.3 Å². The molecule has 5 nitrogen and oxygen atoms in total. The van der Waals surface area contributed by atoms with Crippen molar-refractivity contribution in [3.05, 3.63) is 102 Å². The first kappa shape index (κ1) is 22.1. The highest BCUT2D eigenvalue weighted by molar-refractivity contribution is 5.88. The van der Waals surface area contributed by atoms with Crippen LogP contribution in [0.3, 0.4) is 0 Å². The van der Waals surface area contributed by atoms with Crippen molar-refractivity contribution in [3.8, 4) is 5.75 Å². The van der Waals surface area contributed by atoms with Gasteiger partial charge in [-0.1, -0.05) is 85.8 Å². The fourth-order valence-corrected chi connectivity index (χ4v) is 3.54. The molecule has 1 atom stereocenters. The summed E-state index contributed by atoms with van der Waals surface area (Å²) in [4.78, 5) is 28.0. The van der Waals surface area contributed by atoms with Crippen molar-refractivity contribution >= 4 is 11.8 Å². The van der Waals surface area contributed by atoms with Crippen LogP contribution in [0, 0.1) is 0 Å². The summed E-state index contributed by atoms with van der Waals surface area (Å²) < 4.78 is 5.39. The molecule has 0 saturated carbocycles. The molecule has 0 heterocycles. The first-order valence-corrected chi connectivity index (χ1v) is 10.4. The van der Waals surface area contributed by atoms with E-state index in [1.165, 1.54) is 0 Å². The highest BCUT2D eigenvalue weighted by Crippen LogP contribution is 2.25. The number of hydrogen-bond donors (Lipinski definition) is 1. The van der Waals surface area contributed by atoms with Crippen LogP contribution in [-0.2, 0) is 22.7 Å². The Bertz CT molecular complexity index is 990. The Balaban J connectivity index is 1.90. The third-order valence-electron chi connectivity index (χ3n) is 5.14. The predicted octanol–water partition coefficient (Wildman–Crippen LogP) is 4.49. The van der Waals surface area contributed by atoms with Gasteiger partial charge in [-0.25, -0.2) is 0 Å². The normalized spacial score (nSPS) is 11.4. The minimum atomic E-state index is -0.733. The Morgan fingerprint density at radius 1 is 0.903 bits per heavy atom. The number of benzene rings is 3. The van der Waals surface area contributed by atoms with Crippen LogP contribution < -0.4 is 10.1 Å². The lowest BCUT2D eigenvalue weighted by Crippen LogP contribution is -2.43. The number of nitrogens with one attached hydrogen (secondary N) is 1. The summed E-state index contributed by atoms with van der Waals surface area (Å²) in [5.41, 5.74) is 2.63. The number of para-hydroxylation sites is 1. The summed E-state index contributed by atoms with van der Waals surface area (Å²) in [7, 11) is 1.61. The van der Waals surface area contributed by atoms with E-state index in [-0.39, 0.29) is 11.8 Å². The molecule has 160 valence electrons. The van der Waals surface area contributed by atoms with Crippen LogP contribution >= 0.6 is 0 Å². The van der Waals surface area contributed by atoms with E-state index in [2.05, 4.69) is 5.32 Å². The van der Waals surface area contributed by atoms with E-state index in [0.717, 1.165) is 16.7 Å². The average molecular weight is 417 g/mol. The molecule has 2 amide bonds. The molecule has 0 unspecified atom stereocenters. The van der Waals surface area contributed by atoms with Crippen molar-refractivity contribution in [1.29, 1.82) is 0 Å². The summed E-state index contributed by atoms with van der Waals surface area (Å²) >= 11 is 0.